The van der Waals surface area contributed by atoms with E-state index in [-0.39, 0.29) is 0 Å². The van der Waals surface area contributed by atoms with Gasteiger partial charge < -0.3 is 5.32 Å². The van der Waals surface area contributed by atoms with E-state index in [9.17, 15) is 0 Å². The van der Waals surface area contributed by atoms with Gasteiger partial charge in [0.1, 0.15) is 0 Å². The lowest BCUT2D eigenvalue weighted by Gasteiger charge is -2.21. The molecule has 0 saturated heterocycles. The van der Waals surface area contributed by atoms with E-state index >= 15 is 0 Å². The Kier molecular flexibility index (Phi) is 8.43. The zero-order valence-corrected chi connectivity index (χ0v) is 12.8. The van der Waals surface area contributed by atoms with Crippen LogP contribution in [0.25, 0.3) is 0 Å². The van der Waals surface area contributed by atoms with E-state index in [4.69, 9.17) is 4.98 Å². The molecule has 3 heteroatoms. The van der Waals surface area contributed by atoms with Gasteiger partial charge >= 0.3 is 0 Å². The molecule has 0 aromatic carbocycles. The molecule has 0 atom stereocenters. The van der Waals surface area contributed by atoms with Crippen molar-refractivity contribution in [2.45, 2.75) is 52.6 Å². The Labute approximate surface area is 118 Å². The maximum absolute atomic E-state index is 4.71. The SMILES string of the molecule is CCCCN(CCCC)Cc1cccc(CNC)n1. The van der Waals surface area contributed by atoms with Gasteiger partial charge in [-0.1, -0.05) is 32.8 Å². The second kappa shape index (κ2) is 9.93. The second-order valence-electron chi connectivity index (χ2n) is 5.13. The lowest BCUT2D eigenvalue weighted by Crippen LogP contribution is -2.26. The predicted octanol–water partition coefficient (Wildman–Crippen LogP) is 3.20. The maximum Gasteiger partial charge on any atom is 0.0547 e. The van der Waals surface area contributed by atoms with Crippen LogP contribution in [0.1, 0.15) is 50.9 Å². The first-order chi connectivity index (χ1) is 9.30. The summed E-state index contributed by atoms with van der Waals surface area (Å²) in [6.07, 6.45) is 5.07. The summed E-state index contributed by atoms with van der Waals surface area (Å²) in [7, 11) is 1.96. The number of nitrogens with one attached hydrogen (secondary N) is 1. The molecule has 3 nitrogen and oxygen atoms in total. The van der Waals surface area contributed by atoms with Gasteiger partial charge in [-0.2, -0.15) is 0 Å². The fourth-order valence-corrected chi connectivity index (χ4v) is 2.16. The molecule has 0 fully saturated rings. The molecule has 0 aliphatic heterocycles. The van der Waals surface area contributed by atoms with E-state index in [0.29, 0.717) is 0 Å². The van der Waals surface area contributed by atoms with Gasteiger partial charge in [-0.3, -0.25) is 9.88 Å². The van der Waals surface area contributed by atoms with Gasteiger partial charge in [0.25, 0.3) is 0 Å². The molecule has 0 aliphatic carbocycles. The highest BCUT2D eigenvalue weighted by Gasteiger charge is 2.06. The van der Waals surface area contributed by atoms with Crippen LogP contribution in [-0.2, 0) is 13.1 Å². The summed E-state index contributed by atoms with van der Waals surface area (Å²) in [5, 5.41) is 3.16. The standard InChI is InChI=1S/C16H29N3/c1-4-6-11-19(12-7-5-2)14-16-10-8-9-15(18-16)13-17-3/h8-10,17H,4-7,11-14H2,1-3H3. The molecule has 1 aromatic rings. The summed E-state index contributed by atoms with van der Waals surface area (Å²) in [4.78, 5) is 7.25. The molecule has 0 bridgehead atoms. The average Bonchev–Trinajstić information content (AvgIpc) is 2.42. The van der Waals surface area contributed by atoms with E-state index in [1.54, 1.807) is 0 Å². The number of pyridine rings is 1. The predicted molar refractivity (Wildman–Crippen MR) is 82.1 cm³/mol. The van der Waals surface area contributed by atoms with E-state index in [1.807, 2.05) is 7.05 Å². The average molecular weight is 263 g/mol. The van der Waals surface area contributed by atoms with Crippen molar-refractivity contribution in [3.63, 3.8) is 0 Å². The maximum atomic E-state index is 4.71. The van der Waals surface area contributed by atoms with Crippen LogP contribution in [0.2, 0.25) is 0 Å². The third-order valence-electron chi connectivity index (χ3n) is 3.26. The Morgan fingerprint density at radius 3 is 2.26 bits per heavy atom. The number of unbranched alkanes of at least 4 members (excludes halogenated alkanes) is 2. The third kappa shape index (κ3) is 6.69. The molecule has 1 aromatic heterocycles. The summed E-state index contributed by atoms with van der Waals surface area (Å²) in [5.74, 6) is 0. The lowest BCUT2D eigenvalue weighted by molar-refractivity contribution is 0.254. The molecule has 19 heavy (non-hydrogen) atoms. The van der Waals surface area contributed by atoms with Crippen LogP contribution < -0.4 is 5.32 Å². The first-order valence-corrected chi connectivity index (χ1v) is 7.61. The number of hydrogen-bond donors (Lipinski definition) is 1. The first kappa shape index (κ1) is 16.1. The summed E-state index contributed by atoms with van der Waals surface area (Å²) in [6, 6.07) is 6.35. The smallest absolute Gasteiger partial charge is 0.0547 e. The van der Waals surface area contributed by atoms with E-state index in [1.165, 1.54) is 44.5 Å². The lowest BCUT2D eigenvalue weighted by atomic mass is 10.2. The summed E-state index contributed by atoms with van der Waals surface area (Å²) >= 11 is 0. The van der Waals surface area contributed by atoms with Crippen molar-refractivity contribution in [2.24, 2.45) is 0 Å². The first-order valence-electron chi connectivity index (χ1n) is 7.61. The van der Waals surface area contributed by atoms with Gasteiger partial charge in [-0.05, 0) is 45.1 Å². The van der Waals surface area contributed by atoms with E-state index < -0.39 is 0 Å². The van der Waals surface area contributed by atoms with Crippen LogP contribution in [0, 0.1) is 0 Å². The minimum absolute atomic E-state index is 0.845. The van der Waals surface area contributed by atoms with Crippen LogP contribution in [0.5, 0.6) is 0 Å². The molecule has 0 amide bonds. The molecule has 0 aliphatic rings. The van der Waals surface area contributed by atoms with Crippen LogP contribution in [0.3, 0.4) is 0 Å². The fraction of sp³-hybridized carbons (Fsp3) is 0.688. The molecule has 0 spiro atoms. The van der Waals surface area contributed by atoms with Crippen LogP contribution in [0.4, 0.5) is 0 Å². The Hall–Kier alpha value is -0.930. The minimum Gasteiger partial charge on any atom is -0.314 e. The quantitative estimate of drug-likeness (QED) is 0.702. The fourth-order valence-electron chi connectivity index (χ4n) is 2.16. The topological polar surface area (TPSA) is 28.2 Å². The minimum atomic E-state index is 0.845. The normalized spacial score (nSPS) is 11.2. The zero-order chi connectivity index (χ0) is 13.9. The zero-order valence-electron chi connectivity index (χ0n) is 12.8. The molecular formula is C16H29N3. The van der Waals surface area contributed by atoms with E-state index in [2.05, 4.69) is 42.3 Å². The van der Waals surface area contributed by atoms with Crippen molar-refractivity contribution >= 4 is 0 Å². The van der Waals surface area contributed by atoms with Gasteiger partial charge in [-0.25, -0.2) is 0 Å². The van der Waals surface area contributed by atoms with Crippen molar-refractivity contribution < 1.29 is 0 Å². The number of aromatic nitrogens is 1. The molecular weight excluding hydrogens is 234 g/mol. The summed E-state index contributed by atoms with van der Waals surface area (Å²) < 4.78 is 0. The summed E-state index contributed by atoms with van der Waals surface area (Å²) in [5.41, 5.74) is 2.32. The number of hydrogen-bond acceptors (Lipinski definition) is 3. The van der Waals surface area contributed by atoms with Gasteiger partial charge in [0.15, 0.2) is 0 Å². The van der Waals surface area contributed by atoms with Crippen molar-refractivity contribution in [1.29, 1.82) is 0 Å². The van der Waals surface area contributed by atoms with E-state index in [0.717, 1.165) is 18.8 Å². The van der Waals surface area contributed by atoms with Crippen LogP contribution >= 0.6 is 0 Å². The molecule has 1 heterocycles. The van der Waals surface area contributed by atoms with Gasteiger partial charge in [0.2, 0.25) is 0 Å². The highest BCUT2D eigenvalue weighted by molar-refractivity contribution is 5.11. The van der Waals surface area contributed by atoms with Gasteiger partial charge in [0, 0.05) is 13.1 Å². The molecule has 1 rings (SSSR count). The number of rotatable bonds is 10. The van der Waals surface area contributed by atoms with Crippen molar-refractivity contribution in [3.8, 4) is 0 Å². The van der Waals surface area contributed by atoms with Crippen LogP contribution in [-0.4, -0.2) is 30.0 Å². The molecule has 0 radical (unpaired) electrons. The molecule has 0 saturated carbocycles. The Bertz CT molecular complexity index is 331. The highest BCUT2D eigenvalue weighted by Crippen LogP contribution is 2.07. The Morgan fingerprint density at radius 2 is 1.68 bits per heavy atom. The third-order valence-corrected chi connectivity index (χ3v) is 3.26. The van der Waals surface area contributed by atoms with Gasteiger partial charge in [-0.15, -0.1) is 0 Å². The molecule has 108 valence electrons. The highest BCUT2D eigenvalue weighted by atomic mass is 15.1. The van der Waals surface area contributed by atoms with Crippen molar-refractivity contribution in [1.82, 2.24) is 15.2 Å². The second-order valence-corrected chi connectivity index (χ2v) is 5.13. The van der Waals surface area contributed by atoms with Crippen molar-refractivity contribution in [2.75, 3.05) is 20.1 Å². The monoisotopic (exact) mass is 263 g/mol. The van der Waals surface area contributed by atoms with Crippen molar-refractivity contribution in [3.05, 3.63) is 29.6 Å². The number of nitrogens with zero attached hydrogens (tertiary/aromatic N) is 2. The summed E-state index contributed by atoms with van der Waals surface area (Å²) in [6.45, 7) is 8.71. The van der Waals surface area contributed by atoms with Gasteiger partial charge in [0.05, 0.1) is 11.4 Å². The van der Waals surface area contributed by atoms with Crippen LogP contribution in [0.15, 0.2) is 18.2 Å². The Balaban J connectivity index is 2.57. The largest absolute Gasteiger partial charge is 0.314 e. The Morgan fingerprint density at radius 1 is 1.05 bits per heavy atom. The molecule has 0 unspecified atom stereocenters. The molecule has 1 N–H and O–H groups in total.